The van der Waals surface area contributed by atoms with Gasteiger partial charge in [0.25, 0.3) is 0 Å². The third kappa shape index (κ3) is 5.99. The Balaban J connectivity index is 1.82. The Morgan fingerprint density at radius 1 is 0.688 bits per heavy atom. The normalized spacial score (nSPS) is 20.3. The van der Waals surface area contributed by atoms with E-state index in [4.69, 9.17) is 9.98 Å². The highest BCUT2D eigenvalue weighted by Crippen LogP contribution is 2.29. The number of hydrogen-bond acceptors (Lipinski definition) is 4. The Kier molecular flexibility index (Phi) is 7.12. The van der Waals surface area contributed by atoms with E-state index in [9.17, 15) is 10.2 Å². The molecule has 2 N–H and O–H groups in total. The first-order valence-electron chi connectivity index (χ1n) is 11.7. The van der Waals surface area contributed by atoms with Gasteiger partial charge in [-0.25, -0.2) is 0 Å². The molecule has 0 bridgehead atoms. The number of nitrogens with zero attached hydrogens (tertiary/aromatic N) is 2. The number of benzene rings is 2. The van der Waals surface area contributed by atoms with Crippen molar-refractivity contribution in [2.45, 2.75) is 90.1 Å². The lowest BCUT2D eigenvalue weighted by Gasteiger charge is -2.26. The third-order valence-electron chi connectivity index (χ3n) is 6.29. The molecule has 1 aliphatic carbocycles. The van der Waals surface area contributed by atoms with E-state index in [1.165, 1.54) is 11.1 Å². The van der Waals surface area contributed by atoms with Crippen LogP contribution in [0.15, 0.2) is 46.4 Å². The van der Waals surface area contributed by atoms with E-state index in [0.717, 1.165) is 36.8 Å². The summed E-state index contributed by atoms with van der Waals surface area (Å²) < 4.78 is 0. The van der Waals surface area contributed by atoms with Crippen LogP contribution in [-0.4, -0.2) is 34.7 Å². The maximum Gasteiger partial charge on any atom is 0.124 e. The SMILES string of the molecule is CC(C)(C)c1ccc(O)c(/C=N/[C@@H]2CCCC[C@H]2/N=C/c2cc(C(C)(C)C)ccc2O)c1. The average Bonchev–Trinajstić information content (AvgIpc) is 2.71. The van der Waals surface area contributed by atoms with Crippen molar-refractivity contribution in [3.63, 3.8) is 0 Å². The maximum absolute atomic E-state index is 10.3. The van der Waals surface area contributed by atoms with Gasteiger partial charge in [0.2, 0.25) is 0 Å². The van der Waals surface area contributed by atoms with Crippen LogP contribution in [0.3, 0.4) is 0 Å². The highest BCUT2D eigenvalue weighted by atomic mass is 16.3. The smallest absolute Gasteiger partial charge is 0.124 e. The Labute approximate surface area is 193 Å². The predicted octanol–water partition coefficient (Wildman–Crippen LogP) is 6.54. The van der Waals surface area contributed by atoms with Crippen molar-refractivity contribution in [2.75, 3.05) is 0 Å². The van der Waals surface area contributed by atoms with E-state index in [0.29, 0.717) is 0 Å². The van der Waals surface area contributed by atoms with Crippen LogP contribution in [0.4, 0.5) is 0 Å². The van der Waals surface area contributed by atoms with Gasteiger partial charge in [0.1, 0.15) is 11.5 Å². The van der Waals surface area contributed by atoms with Crippen LogP contribution in [0.2, 0.25) is 0 Å². The molecular weight excluding hydrogens is 396 g/mol. The summed E-state index contributed by atoms with van der Waals surface area (Å²) in [6.45, 7) is 13.0. The first kappa shape index (κ1) is 24.0. The van der Waals surface area contributed by atoms with Crippen molar-refractivity contribution in [1.29, 1.82) is 0 Å². The lowest BCUT2D eigenvalue weighted by atomic mass is 9.86. The van der Waals surface area contributed by atoms with Gasteiger partial charge in [0.15, 0.2) is 0 Å². The molecule has 4 nitrogen and oxygen atoms in total. The zero-order valence-corrected chi connectivity index (χ0v) is 20.4. The van der Waals surface area contributed by atoms with E-state index in [-0.39, 0.29) is 34.4 Å². The predicted molar refractivity (Wildman–Crippen MR) is 135 cm³/mol. The van der Waals surface area contributed by atoms with Crippen LogP contribution in [0.1, 0.15) is 89.5 Å². The molecule has 0 heterocycles. The minimum Gasteiger partial charge on any atom is -0.507 e. The molecule has 2 atom stereocenters. The number of hydrogen-bond donors (Lipinski definition) is 2. The fourth-order valence-corrected chi connectivity index (χ4v) is 4.04. The van der Waals surface area contributed by atoms with Crippen LogP contribution >= 0.6 is 0 Å². The lowest BCUT2D eigenvalue weighted by Crippen LogP contribution is -2.27. The number of rotatable bonds is 4. The van der Waals surface area contributed by atoms with Gasteiger partial charge in [0, 0.05) is 23.6 Å². The molecule has 0 aromatic heterocycles. The standard InChI is InChI=1S/C28H38N2O2/c1-27(2,3)21-11-13-25(31)19(15-21)17-29-23-9-7-8-10-24(23)30-18-20-16-22(28(4,5)6)12-14-26(20)32/h11-18,23-24,31-32H,7-10H2,1-6H3/b29-17+,30-18+/t23-,24-/m1/s1. The first-order valence-corrected chi connectivity index (χ1v) is 11.7. The van der Waals surface area contributed by atoms with Crippen LogP contribution in [-0.2, 0) is 10.8 Å². The van der Waals surface area contributed by atoms with Crippen LogP contribution in [0.25, 0.3) is 0 Å². The summed E-state index contributed by atoms with van der Waals surface area (Å²) in [6, 6.07) is 11.6. The van der Waals surface area contributed by atoms with Crippen molar-refractivity contribution < 1.29 is 10.2 Å². The van der Waals surface area contributed by atoms with Crippen molar-refractivity contribution in [3.05, 3.63) is 58.7 Å². The van der Waals surface area contributed by atoms with Gasteiger partial charge in [-0.05, 0) is 59.1 Å². The summed E-state index contributed by atoms with van der Waals surface area (Å²) in [4.78, 5) is 9.70. The average molecular weight is 435 g/mol. The summed E-state index contributed by atoms with van der Waals surface area (Å²) in [5, 5.41) is 20.6. The molecule has 2 aromatic carbocycles. The van der Waals surface area contributed by atoms with Crippen molar-refractivity contribution in [2.24, 2.45) is 9.98 Å². The quantitative estimate of drug-likeness (QED) is 0.536. The molecule has 1 aliphatic rings. The van der Waals surface area contributed by atoms with E-state index in [1.807, 2.05) is 24.3 Å². The van der Waals surface area contributed by atoms with Crippen LogP contribution in [0.5, 0.6) is 11.5 Å². The van der Waals surface area contributed by atoms with E-state index >= 15 is 0 Å². The van der Waals surface area contributed by atoms with Gasteiger partial charge in [-0.2, -0.15) is 0 Å². The lowest BCUT2D eigenvalue weighted by molar-refractivity contribution is 0.390. The highest BCUT2D eigenvalue weighted by Gasteiger charge is 2.24. The minimum absolute atomic E-state index is 0.0115. The van der Waals surface area contributed by atoms with Crippen molar-refractivity contribution in [1.82, 2.24) is 0 Å². The highest BCUT2D eigenvalue weighted by molar-refractivity contribution is 5.85. The molecule has 0 aliphatic heterocycles. The summed E-state index contributed by atoms with van der Waals surface area (Å²) in [7, 11) is 0. The third-order valence-corrected chi connectivity index (χ3v) is 6.29. The number of aliphatic imine (C=N–C) groups is 2. The van der Waals surface area contributed by atoms with Crippen LogP contribution in [0, 0.1) is 0 Å². The van der Waals surface area contributed by atoms with Gasteiger partial charge >= 0.3 is 0 Å². The second-order valence-electron chi connectivity index (χ2n) is 11.0. The fraction of sp³-hybridized carbons (Fsp3) is 0.500. The zero-order valence-electron chi connectivity index (χ0n) is 20.4. The molecule has 0 saturated heterocycles. The van der Waals surface area contributed by atoms with E-state index in [2.05, 4.69) is 41.5 Å². The van der Waals surface area contributed by atoms with E-state index in [1.54, 1.807) is 24.6 Å². The molecule has 0 radical (unpaired) electrons. The van der Waals surface area contributed by atoms with Gasteiger partial charge in [-0.15, -0.1) is 0 Å². The largest absolute Gasteiger partial charge is 0.507 e. The molecule has 2 aromatic rings. The Morgan fingerprint density at radius 3 is 1.41 bits per heavy atom. The molecule has 3 rings (SSSR count). The second-order valence-corrected chi connectivity index (χ2v) is 11.0. The number of phenolic OH excluding ortho intramolecular Hbond substituents is 2. The number of phenols is 2. The second kappa shape index (κ2) is 9.48. The summed E-state index contributed by atoms with van der Waals surface area (Å²) in [6.07, 6.45) is 7.83. The monoisotopic (exact) mass is 434 g/mol. The summed E-state index contributed by atoms with van der Waals surface area (Å²) in [5.41, 5.74) is 3.87. The minimum atomic E-state index is 0.0115. The van der Waals surface area contributed by atoms with Gasteiger partial charge < -0.3 is 10.2 Å². The molecule has 1 fully saturated rings. The molecule has 0 unspecified atom stereocenters. The summed E-state index contributed by atoms with van der Waals surface area (Å²) in [5.74, 6) is 0.503. The Morgan fingerprint density at radius 2 is 1.06 bits per heavy atom. The Bertz CT molecular complexity index is 912. The maximum atomic E-state index is 10.3. The van der Waals surface area contributed by atoms with E-state index < -0.39 is 0 Å². The molecule has 0 amide bonds. The summed E-state index contributed by atoms with van der Waals surface area (Å²) >= 11 is 0. The molecule has 32 heavy (non-hydrogen) atoms. The Hall–Kier alpha value is -2.62. The van der Waals surface area contributed by atoms with Crippen molar-refractivity contribution >= 4 is 12.4 Å². The molecular formula is C28H38N2O2. The topological polar surface area (TPSA) is 65.2 Å². The van der Waals surface area contributed by atoms with Gasteiger partial charge in [0.05, 0.1) is 12.1 Å². The van der Waals surface area contributed by atoms with Crippen molar-refractivity contribution in [3.8, 4) is 11.5 Å². The molecule has 0 spiro atoms. The van der Waals surface area contributed by atoms with Gasteiger partial charge in [-0.3, -0.25) is 9.98 Å². The fourth-order valence-electron chi connectivity index (χ4n) is 4.04. The molecule has 1 saturated carbocycles. The molecule has 4 heteroatoms. The first-order chi connectivity index (χ1) is 14.9. The van der Waals surface area contributed by atoms with Crippen LogP contribution < -0.4 is 0 Å². The zero-order chi connectivity index (χ0) is 23.5. The number of aromatic hydroxyl groups is 2. The molecule has 172 valence electrons. The van der Waals surface area contributed by atoms with Gasteiger partial charge in [-0.1, -0.05) is 66.5 Å².